The summed E-state index contributed by atoms with van der Waals surface area (Å²) in [6.07, 6.45) is 15.0. The van der Waals surface area contributed by atoms with Crippen LogP contribution >= 0.6 is 0 Å². The fourth-order valence-corrected chi connectivity index (χ4v) is 3.57. The fourth-order valence-electron chi connectivity index (χ4n) is 3.57. The Balaban J connectivity index is 2.27. The zero-order valence-corrected chi connectivity index (χ0v) is 14.8. The molecule has 1 fully saturated rings. The van der Waals surface area contributed by atoms with Crippen LogP contribution in [-0.4, -0.2) is 25.3 Å². The van der Waals surface area contributed by atoms with Gasteiger partial charge in [-0.2, -0.15) is 0 Å². The highest BCUT2D eigenvalue weighted by molar-refractivity contribution is 4.85. The lowest BCUT2D eigenvalue weighted by Crippen LogP contribution is -2.46. The van der Waals surface area contributed by atoms with E-state index in [0.717, 1.165) is 19.1 Å². The minimum atomic E-state index is 0.466. The highest BCUT2D eigenvalue weighted by Crippen LogP contribution is 2.30. The molecule has 0 spiro atoms. The smallest absolute Gasteiger partial charge is 0.0730 e. The molecule has 1 aliphatic rings. The average Bonchev–Trinajstić information content (AvgIpc) is 2.50. The summed E-state index contributed by atoms with van der Waals surface area (Å²) < 4.78 is 6.29. The maximum atomic E-state index is 6.29. The van der Waals surface area contributed by atoms with E-state index in [1.807, 2.05) is 0 Å². The molecule has 0 saturated heterocycles. The van der Waals surface area contributed by atoms with Crippen LogP contribution < -0.4 is 5.32 Å². The van der Waals surface area contributed by atoms with Gasteiger partial charge in [-0.25, -0.2) is 0 Å². The molecule has 2 nitrogen and oxygen atoms in total. The monoisotopic (exact) mass is 297 g/mol. The molecule has 3 atom stereocenters. The van der Waals surface area contributed by atoms with Crippen molar-refractivity contribution in [3.63, 3.8) is 0 Å². The standard InChI is InChI=1S/C19H39NO/c1-4-7-8-9-10-15-21-19-16-17(11-5-2)12-13-18(19)20-14-6-3/h17-20H,4-16H2,1-3H3. The maximum Gasteiger partial charge on any atom is 0.0730 e. The summed E-state index contributed by atoms with van der Waals surface area (Å²) in [5.41, 5.74) is 0. The van der Waals surface area contributed by atoms with Crippen LogP contribution in [0, 0.1) is 5.92 Å². The predicted octanol–water partition coefficient (Wildman–Crippen LogP) is 5.31. The quantitative estimate of drug-likeness (QED) is 0.493. The van der Waals surface area contributed by atoms with Gasteiger partial charge in [0.25, 0.3) is 0 Å². The van der Waals surface area contributed by atoms with Crippen molar-refractivity contribution in [2.75, 3.05) is 13.2 Å². The third-order valence-electron chi connectivity index (χ3n) is 4.83. The summed E-state index contributed by atoms with van der Waals surface area (Å²) in [6.45, 7) is 8.94. The molecule has 0 heterocycles. The number of nitrogens with one attached hydrogen (secondary N) is 1. The molecule has 1 saturated carbocycles. The highest BCUT2D eigenvalue weighted by atomic mass is 16.5. The lowest BCUT2D eigenvalue weighted by atomic mass is 9.81. The summed E-state index contributed by atoms with van der Waals surface area (Å²) in [4.78, 5) is 0. The van der Waals surface area contributed by atoms with Gasteiger partial charge in [-0.1, -0.05) is 59.3 Å². The molecule has 2 heteroatoms. The minimum absolute atomic E-state index is 0.466. The van der Waals surface area contributed by atoms with Crippen molar-refractivity contribution >= 4 is 0 Å². The maximum absolute atomic E-state index is 6.29. The Morgan fingerprint density at radius 1 is 0.905 bits per heavy atom. The topological polar surface area (TPSA) is 21.3 Å². The van der Waals surface area contributed by atoms with E-state index in [2.05, 4.69) is 26.1 Å². The van der Waals surface area contributed by atoms with Gasteiger partial charge in [-0.3, -0.25) is 0 Å². The molecule has 126 valence electrons. The van der Waals surface area contributed by atoms with Crippen LogP contribution in [-0.2, 0) is 4.74 Å². The Morgan fingerprint density at radius 2 is 1.71 bits per heavy atom. The van der Waals surface area contributed by atoms with Crippen molar-refractivity contribution in [3.8, 4) is 0 Å². The summed E-state index contributed by atoms with van der Waals surface area (Å²) in [6, 6.07) is 0.605. The first-order chi connectivity index (χ1) is 10.3. The summed E-state index contributed by atoms with van der Waals surface area (Å²) in [7, 11) is 0. The number of rotatable bonds is 12. The van der Waals surface area contributed by atoms with Gasteiger partial charge in [0.1, 0.15) is 0 Å². The van der Waals surface area contributed by atoms with Crippen LogP contribution in [0.2, 0.25) is 0 Å². The predicted molar refractivity (Wildman–Crippen MR) is 92.8 cm³/mol. The van der Waals surface area contributed by atoms with Gasteiger partial charge in [0.15, 0.2) is 0 Å². The van der Waals surface area contributed by atoms with Gasteiger partial charge in [-0.05, 0) is 44.6 Å². The third kappa shape index (κ3) is 8.21. The molecule has 0 aromatic heterocycles. The van der Waals surface area contributed by atoms with Gasteiger partial charge < -0.3 is 10.1 Å². The van der Waals surface area contributed by atoms with E-state index in [9.17, 15) is 0 Å². The van der Waals surface area contributed by atoms with E-state index >= 15 is 0 Å². The van der Waals surface area contributed by atoms with Gasteiger partial charge >= 0.3 is 0 Å². The van der Waals surface area contributed by atoms with Gasteiger partial charge in [0.2, 0.25) is 0 Å². The van der Waals surface area contributed by atoms with Crippen LogP contribution in [0.4, 0.5) is 0 Å². The van der Waals surface area contributed by atoms with E-state index in [-0.39, 0.29) is 0 Å². The van der Waals surface area contributed by atoms with Crippen molar-refractivity contribution in [1.82, 2.24) is 5.32 Å². The third-order valence-corrected chi connectivity index (χ3v) is 4.83. The second-order valence-electron chi connectivity index (χ2n) is 6.85. The summed E-state index contributed by atoms with van der Waals surface area (Å²) in [5.74, 6) is 0.903. The molecule has 3 unspecified atom stereocenters. The fraction of sp³-hybridized carbons (Fsp3) is 1.00. The van der Waals surface area contributed by atoms with Crippen molar-refractivity contribution in [3.05, 3.63) is 0 Å². The summed E-state index contributed by atoms with van der Waals surface area (Å²) >= 11 is 0. The van der Waals surface area contributed by atoms with Crippen LogP contribution in [0.5, 0.6) is 0 Å². The van der Waals surface area contributed by atoms with E-state index < -0.39 is 0 Å². The molecule has 1 rings (SSSR count). The van der Waals surface area contributed by atoms with E-state index in [0.29, 0.717) is 12.1 Å². The zero-order valence-electron chi connectivity index (χ0n) is 14.8. The number of ether oxygens (including phenoxy) is 1. The van der Waals surface area contributed by atoms with E-state index in [1.165, 1.54) is 70.6 Å². The Morgan fingerprint density at radius 3 is 2.43 bits per heavy atom. The second-order valence-corrected chi connectivity index (χ2v) is 6.85. The normalized spacial score (nSPS) is 26.1. The Labute approximate surface area is 133 Å². The first kappa shape index (κ1) is 19.0. The first-order valence-electron chi connectivity index (χ1n) is 9.66. The molecule has 0 aliphatic heterocycles. The largest absolute Gasteiger partial charge is 0.377 e. The zero-order chi connectivity index (χ0) is 15.3. The highest BCUT2D eigenvalue weighted by Gasteiger charge is 2.30. The molecule has 0 amide bonds. The van der Waals surface area contributed by atoms with Crippen molar-refractivity contribution in [2.24, 2.45) is 5.92 Å². The molecule has 21 heavy (non-hydrogen) atoms. The number of hydrogen-bond donors (Lipinski definition) is 1. The lowest BCUT2D eigenvalue weighted by molar-refractivity contribution is -0.0126. The van der Waals surface area contributed by atoms with Crippen LogP contribution in [0.3, 0.4) is 0 Å². The molecule has 1 aliphatic carbocycles. The van der Waals surface area contributed by atoms with E-state index in [4.69, 9.17) is 4.74 Å². The lowest BCUT2D eigenvalue weighted by Gasteiger charge is -2.36. The number of hydrogen-bond acceptors (Lipinski definition) is 2. The molecule has 0 radical (unpaired) electrons. The van der Waals surface area contributed by atoms with E-state index in [1.54, 1.807) is 0 Å². The molecule has 1 N–H and O–H groups in total. The Hall–Kier alpha value is -0.0800. The summed E-state index contributed by atoms with van der Waals surface area (Å²) in [5, 5.41) is 3.72. The van der Waals surface area contributed by atoms with Crippen molar-refractivity contribution in [1.29, 1.82) is 0 Å². The molecular weight excluding hydrogens is 258 g/mol. The second kappa shape index (κ2) is 12.5. The van der Waals surface area contributed by atoms with Gasteiger partial charge in [-0.15, -0.1) is 0 Å². The Kier molecular flexibility index (Phi) is 11.3. The molecule has 0 aromatic rings. The SMILES string of the molecule is CCCCCCCOC1CC(CCC)CCC1NCCC. The average molecular weight is 298 g/mol. The van der Waals surface area contributed by atoms with Crippen LogP contribution in [0.1, 0.15) is 91.4 Å². The van der Waals surface area contributed by atoms with Crippen LogP contribution in [0.25, 0.3) is 0 Å². The van der Waals surface area contributed by atoms with Gasteiger partial charge in [0.05, 0.1) is 6.10 Å². The molecule has 0 bridgehead atoms. The Bertz CT molecular complexity index is 232. The molecular formula is C19H39NO. The van der Waals surface area contributed by atoms with Crippen molar-refractivity contribution < 1.29 is 4.74 Å². The molecule has 0 aromatic carbocycles. The van der Waals surface area contributed by atoms with Crippen LogP contribution in [0.15, 0.2) is 0 Å². The first-order valence-corrected chi connectivity index (χ1v) is 9.66. The van der Waals surface area contributed by atoms with Gasteiger partial charge in [0, 0.05) is 12.6 Å². The number of unbranched alkanes of at least 4 members (excludes halogenated alkanes) is 4. The van der Waals surface area contributed by atoms with Crippen molar-refractivity contribution in [2.45, 2.75) is 104 Å². The minimum Gasteiger partial charge on any atom is -0.377 e.